The van der Waals surface area contributed by atoms with Crippen LogP contribution in [0.25, 0.3) is 0 Å². The number of carbonyl (C=O) groups excluding carboxylic acids is 1. The van der Waals surface area contributed by atoms with Gasteiger partial charge in [-0.1, -0.05) is 20.8 Å². The molecule has 0 bridgehead atoms. The Labute approximate surface area is 131 Å². The molecule has 1 saturated heterocycles. The summed E-state index contributed by atoms with van der Waals surface area (Å²) in [6.07, 6.45) is 5.58. The highest BCUT2D eigenvalue weighted by molar-refractivity contribution is 5.82. The maximum absolute atomic E-state index is 12.2. The van der Waals surface area contributed by atoms with E-state index in [9.17, 15) is 4.79 Å². The standard InChI is InChI=1S/C18H34N2O/c1-5-20-10-8-17(9-11-20)19(4)13-16-12-15(14(2)3)6-7-18(16)21/h14-17H,5-13H2,1-4H3. The number of ketones is 1. The van der Waals surface area contributed by atoms with E-state index < -0.39 is 0 Å². The van der Waals surface area contributed by atoms with Gasteiger partial charge in [-0.25, -0.2) is 0 Å². The van der Waals surface area contributed by atoms with Gasteiger partial charge in [-0.3, -0.25) is 4.79 Å². The number of hydrogen-bond donors (Lipinski definition) is 0. The van der Waals surface area contributed by atoms with Gasteiger partial charge in [0.05, 0.1) is 0 Å². The van der Waals surface area contributed by atoms with E-state index in [1.54, 1.807) is 0 Å². The van der Waals surface area contributed by atoms with Crippen LogP contribution in [0.3, 0.4) is 0 Å². The third-order valence-corrected chi connectivity index (χ3v) is 5.88. The number of likely N-dealkylation sites (tertiary alicyclic amines) is 1. The number of hydrogen-bond acceptors (Lipinski definition) is 3. The molecule has 1 heterocycles. The van der Waals surface area contributed by atoms with E-state index in [-0.39, 0.29) is 0 Å². The molecule has 0 amide bonds. The molecule has 0 spiro atoms. The molecule has 0 N–H and O–H groups in total. The molecule has 122 valence electrons. The van der Waals surface area contributed by atoms with Crippen LogP contribution in [0, 0.1) is 17.8 Å². The molecule has 2 unspecified atom stereocenters. The van der Waals surface area contributed by atoms with E-state index in [2.05, 4.69) is 37.6 Å². The van der Waals surface area contributed by atoms with Crippen molar-refractivity contribution in [2.24, 2.45) is 17.8 Å². The van der Waals surface area contributed by atoms with Crippen LogP contribution in [0.1, 0.15) is 52.9 Å². The van der Waals surface area contributed by atoms with Crippen molar-refractivity contribution in [1.82, 2.24) is 9.80 Å². The first-order valence-corrected chi connectivity index (χ1v) is 8.96. The molecular weight excluding hydrogens is 260 g/mol. The van der Waals surface area contributed by atoms with E-state index in [4.69, 9.17) is 0 Å². The van der Waals surface area contributed by atoms with Crippen LogP contribution < -0.4 is 0 Å². The fourth-order valence-corrected chi connectivity index (χ4v) is 4.10. The second-order valence-corrected chi connectivity index (χ2v) is 7.55. The van der Waals surface area contributed by atoms with Crippen LogP contribution in [0.2, 0.25) is 0 Å². The predicted octanol–water partition coefficient (Wildman–Crippen LogP) is 3.04. The Morgan fingerprint density at radius 3 is 2.48 bits per heavy atom. The average molecular weight is 294 g/mol. The maximum Gasteiger partial charge on any atom is 0.137 e. The van der Waals surface area contributed by atoms with Crippen molar-refractivity contribution in [2.75, 3.05) is 33.2 Å². The number of nitrogens with zero attached hydrogens (tertiary/aromatic N) is 2. The Morgan fingerprint density at radius 1 is 1.24 bits per heavy atom. The third kappa shape index (κ3) is 4.53. The Balaban J connectivity index is 1.83. The summed E-state index contributed by atoms with van der Waals surface area (Å²) in [7, 11) is 2.23. The lowest BCUT2D eigenvalue weighted by atomic mass is 9.75. The van der Waals surface area contributed by atoms with Crippen molar-refractivity contribution in [1.29, 1.82) is 0 Å². The zero-order valence-electron chi connectivity index (χ0n) is 14.5. The van der Waals surface area contributed by atoms with Gasteiger partial charge in [0.2, 0.25) is 0 Å². The molecule has 0 radical (unpaired) electrons. The minimum absolute atomic E-state index is 0.292. The van der Waals surface area contributed by atoms with E-state index in [1.807, 2.05) is 0 Å². The van der Waals surface area contributed by atoms with Crippen molar-refractivity contribution in [3.63, 3.8) is 0 Å². The summed E-state index contributed by atoms with van der Waals surface area (Å²) in [5.41, 5.74) is 0. The first-order valence-electron chi connectivity index (χ1n) is 8.96. The number of Topliss-reactive ketones (excluding diaryl/α,β-unsaturated/α-hetero) is 1. The van der Waals surface area contributed by atoms with Crippen LogP contribution in [0.5, 0.6) is 0 Å². The fourth-order valence-electron chi connectivity index (χ4n) is 4.10. The SMILES string of the molecule is CCN1CCC(N(C)CC2CC(C(C)C)CCC2=O)CC1. The minimum atomic E-state index is 0.292. The van der Waals surface area contributed by atoms with Gasteiger partial charge in [0.25, 0.3) is 0 Å². The number of rotatable bonds is 5. The smallest absolute Gasteiger partial charge is 0.137 e. The van der Waals surface area contributed by atoms with Gasteiger partial charge in [-0.2, -0.15) is 0 Å². The fraction of sp³-hybridized carbons (Fsp3) is 0.944. The second kappa shape index (κ2) is 7.73. The molecular formula is C18H34N2O. The summed E-state index contributed by atoms with van der Waals surface area (Å²) in [4.78, 5) is 17.3. The normalized spacial score (nSPS) is 29.5. The quantitative estimate of drug-likeness (QED) is 0.778. The van der Waals surface area contributed by atoms with E-state index in [0.29, 0.717) is 17.7 Å². The summed E-state index contributed by atoms with van der Waals surface area (Å²) >= 11 is 0. The molecule has 2 atom stereocenters. The van der Waals surface area contributed by atoms with Gasteiger partial charge in [-0.05, 0) is 64.2 Å². The lowest BCUT2D eigenvalue weighted by Crippen LogP contribution is -2.46. The molecule has 1 aliphatic heterocycles. The molecule has 0 aromatic carbocycles. The molecule has 3 nitrogen and oxygen atoms in total. The van der Waals surface area contributed by atoms with Crippen molar-refractivity contribution in [3.05, 3.63) is 0 Å². The summed E-state index contributed by atoms with van der Waals surface area (Å²) in [6.45, 7) is 11.5. The van der Waals surface area contributed by atoms with Gasteiger partial charge in [-0.15, -0.1) is 0 Å². The van der Waals surface area contributed by atoms with Crippen LogP contribution in [-0.2, 0) is 4.79 Å². The van der Waals surface area contributed by atoms with Gasteiger partial charge in [0, 0.05) is 24.9 Å². The highest BCUT2D eigenvalue weighted by Gasteiger charge is 2.32. The van der Waals surface area contributed by atoms with Crippen LogP contribution in [0.4, 0.5) is 0 Å². The number of piperidine rings is 1. The Bertz CT molecular complexity index is 334. The Morgan fingerprint density at radius 2 is 1.90 bits per heavy atom. The van der Waals surface area contributed by atoms with Gasteiger partial charge >= 0.3 is 0 Å². The molecule has 2 rings (SSSR count). The van der Waals surface area contributed by atoms with Crippen molar-refractivity contribution < 1.29 is 4.79 Å². The molecule has 3 heteroatoms. The minimum Gasteiger partial charge on any atom is -0.303 e. The molecule has 21 heavy (non-hydrogen) atoms. The largest absolute Gasteiger partial charge is 0.303 e. The summed E-state index contributed by atoms with van der Waals surface area (Å²) in [5, 5.41) is 0. The maximum atomic E-state index is 12.2. The lowest BCUT2D eigenvalue weighted by Gasteiger charge is -2.39. The van der Waals surface area contributed by atoms with E-state index in [1.165, 1.54) is 32.5 Å². The molecule has 1 saturated carbocycles. The number of carbonyl (C=O) groups is 1. The van der Waals surface area contributed by atoms with Crippen LogP contribution in [0.15, 0.2) is 0 Å². The Hall–Kier alpha value is -0.410. The van der Waals surface area contributed by atoms with Gasteiger partial charge < -0.3 is 9.80 Å². The average Bonchev–Trinajstić information content (AvgIpc) is 2.49. The highest BCUT2D eigenvalue weighted by atomic mass is 16.1. The van der Waals surface area contributed by atoms with Crippen LogP contribution >= 0.6 is 0 Å². The molecule has 2 fully saturated rings. The Kier molecular flexibility index (Phi) is 6.24. The van der Waals surface area contributed by atoms with Crippen LogP contribution in [-0.4, -0.2) is 54.9 Å². The van der Waals surface area contributed by atoms with E-state index in [0.717, 1.165) is 37.6 Å². The van der Waals surface area contributed by atoms with Crippen molar-refractivity contribution in [3.8, 4) is 0 Å². The summed E-state index contributed by atoms with van der Waals surface area (Å²) in [5.74, 6) is 2.28. The third-order valence-electron chi connectivity index (χ3n) is 5.88. The second-order valence-electron chi connectivity index (χ2n) is 7.55. The predicted molar refractivity (Wildman–Crippen MR) is 88.4 cm³/mol. The molecule has 2 aliphatic rings. The lowest BCUT2D eigenvalue weighted by molar-refractivity contribution is -0.126. The van der Waals surface area contributed by atoms with Gasteiger partial charge in [0.15, 0.2) is 0 Å². The molecule has 0 aromatic heterocycles. The van der Waals surface area contributed by atoms with Crippen molar-refractivity contribution in [2.45, 2.75) is 58.9 Å². The van der Waals surface area contributed by atoms with E-state index >= 15 is 0 Å². The molecule has 0 aromatic rings. The zero-order chi connectivity index (χ0) is 15.4. The van der Waals surface area contributed by atoms with Crippen molar-refractivity contribution >= 4 is 5.78 Å². The first-order chi connectivity index (χ1) is 10.0. The first kappa shape index (κ1) is 17.0. The zero-order valence-corrected chi connectivity index (χ0v) is 14.5. The summed E-state index contributed by atoms with van der Waals surface area (Å²) in [6, 6.07) is 0.681. The molecule has 1 aliphatic carbocycles. The topological polar surface area (TPSA) is 23.6 Å². The highest BCUT2D eigenvalue weighted by Crippen LogP contribution is 2.32. The van der Waals surface area contributed by atoms with Gasteiger partial charge in [0.1, 0.15) is 5.78 Å². The summed E-state index contributed by atoms with van der Waals surface area (Å²) < 4.78 is 0. The monoisotopic (exact) mass is 294 g/mol.